The lowest BCUT2D eigenvalue weighted by atomic mass is 9.87. The van der Waals surface area contributed by atoms with Crippen LogP contribution in [0.4, 0.5) is 0 Å². The lowest BCUT2D eigenvalue weighted by Crippen LogP contribution is -2.72. The maximum atomic E-state index is 11.7. The molecule has 1 aliphatic carbocycles. The summed E-state index contributed by atoms with van der Waals surface area (Å²) >= 11 is 0. The third kappa shape index (κ3) is 0.926. The van der Waals surface area contributed by atoms with Crippen LogP contribution in [0.25, 0.3) is 0 Å². The van der Waals surface area contributed by atoms with Gasteiger partial charge in [-0.3, -0.25) is 4.79 Å². The van der Waals surface area contributed by atoms with Gasteiger partial charge in [0.05, 0.1) is 6.04 Å². The smallest absolute Gasteiger partial charge is 0.259 e. The van der Waals surface area contributed by atoms with E-state index in [-0.39, 0.29) is 18.0 Å². The zero-order valence-electron chi connectivity index (χ0n) is 8.23. The van der Waals surface area contributed by atoms with E-state index in [4.69, 9.17) is 5.73 Å². The van der Waals surface area contributed by atoms with Crippen molar-refractivity contribution in [2.75, 3.05) is 0 Å². The number of sulfonamides is 1. The Hall–Kier alpha value is -0.620. The molecule has 1 aliphatic heterocycles. The van der Waals surface area contributed by atoms with E-state index in [1.165, 1.54) is 13.8 Å². The van der Waals surface area contributed by atoms with Gasteiger partial charge in [-0.1, -0.05) is 0 Å². The van der Waals surface area contributed by atoms with Gasteiger partial charge in [0.2, 0.25) is 0 Å². The van der Waals surface area contributed by atoms with Crippen LogP contribution in [-0.4, -0.2) is 35.5 Å². The summed E-state index contributed by atoms with van der Waals surface area (Å²) in [6.45, 7) is 2.89. The monoisotopic (exact) mass is 218 g/mol. The molecule has 14 heavy (non-hydrogen) atoms. The highest BCUT2D eigenvalue weighted by molar-refractivity contribution is 7.94. The van der Waals surface area contributed by atoms with Crippen molar-refractivity contribution < 1.29 is 13.2 Å². The summed E-state index contributed by atoms with van der Waals surface area (Å²) in [4.78, 5) is 11.5. The molecule has 0 aromatic carbocycles. The van der Waals surface area contributed by atoms with Gasteiger partial charge in [-0.2, -0.15) is 0 Å². The van der Waals surface area contributed by atoms with Gasteiger partial charge in [-0.05, 0) is 26.7 Å². The molecule has 1 heterocycles. The van der Waals surface area contributed by atoms with E-state index in [9.17, 15) is 13.2 Å². The Balaban J connectivity index is 2.21. The van der Waals surface area contributed by atoms with Gasteiger partial charge >= 0.3 is 0 Å². The van der Waals surface area contributed by atoms with Gasteiger partial charge in [0.15, 0.2) is 4.75 Å². The maximum absolute atomic E-state index is 11.7. The molecule has 80 valence electrons. The van der Waals surface area contributed by atoms with Crippen LogP contribution in [0, 0.1) is 0 Å². The number of rotatable bonds is 1. The van der Waals surface area contributed by atoms with E-state index in [1.807, 2.05) is 0 Å². The van der Waals surface area contributed by atoms with Gasteiger partial charge in [-0.15, -0.1) is 0 Å². The third-order valence-corrected chi connectivity index (χ3v) is 5.55. The van der Waals surface area contributed by atoms with Gasteiger partial charge in [-0.25, -0.2) is 12.7 Å². The second-order valence-corrected chi connectivity index (χ2v) is 6.87. The summed E-state index contributed by atoms with van der Waals surface area (Å²) in [6, 6.07) is -0.137. The number of nitrogens with two attached hydrogens (primary N) is 1. The maximum Gasteiger partial charge on any atom is 0.259 e. The average molecular weight is 218 g/mol. The van der Waals surface area contributed by atoms with Crippen molar-refractivity contribution in [1.29, 1.82) is 0 Å². The first-order chi connectivity index (χ1) is 6.28. The quantitative estimate of drug-likeness (QED) is 0.639. The molecule has 1 saturated carbocycles. The Kier molecular flexibility index (Phi) is 1.76. The van der Waals surface area contributed by atoms with Crippen molar-refractivity contribution in [3.05, 3.63) is 0 Å². The molecule has 0 bridgehead atoms. The summed E-state index contributed by atoms with van der Waals surface area (Å²) < 4.78 is 23.2. The van der Waals surface area contributed by atoms with Crippen LogP contribution in [0.5, 0.6) is 0 Å². The van der Waals surface area contributed by atoms with Gasteiger partial charge < -0.3 is 5.73 Å². The van der Waals surface area contributed by atoms with E-state index in [2.05, 4.69) is 0 Å². The van der Waals surface area contributed by atoms with Crippen LogP contribution >= 0.6 is 0 Å². The molecule has 0 aromatic heterocycles. The molecule has 1 amide bonds. The average Bonchev–Trinajstić information content (AvgIpc) is 2.00. The zero-order chi connectivity index (χ0) is 10.7. The molecule has 0 radical (unpaired) electrons. The fraction of sp³-hybridized carbons (Fsp3) is 0.875. The van der Waals surface area contributed by atoms with Crippen LogP contribution in [-0.2, 0) is 14.8 Å². The first-order valence-corrected chi connectivity index (χ1v) is 6.06. The first kappa shape index (κ1) is 9.92. The highest BCUT2D eigenvalue weighted by atomic mass is 32.2. The van der Waals surface area contributed by atoms with Crippen LogP contribution < -0.4 is 5.73 Å². The number of carbonyl (C=O) groups excluding carboxylic acids is 1. The topological polar surface area (TPSA) is 80.5 Å². The number of nitrogens with zero attached hydrogens (tertiary/aromatic N) is 1. The number of amides is 1. The Morgan fingerprint density at radius 1 is 1.43 bits per heavy atom. The van der Waals surface area contributed by atoms with Crippen LogP contribution in [0.15, 0.2) is 0 Å². The molecule has 0 spiro atoms. The van der Waals surface area contributed by atoms with E-state index in [0.717, 1.165) is 4.31 Å². The molecular weight excluding hydrogens is 204 g/mol. The molecule has 1 saturated heterocycles. The molecule has 2 fully saturated rings. The Morgan fingerprint density at radius 3 is 2.29 bits per heavy atom. The van der Waals surface area contributed by atoms with E-state index < -0.39 is 14.8 Å². The van der Waals surface area contributed by atoms with Crippen LogP contribution in [0.3, 0.4) is 0 Å². The summed E-state index contributed by atoms with van der Waals surface area (Å²) in [5, 5.41) is 0. The van der Waals surface area contributed by atoms with Gasteiger partial charge in [0, 0.05) is 6.04 Å². The van der Waals surface area contributed by atoms with Gasteiger partial charge in [0.1, 0.15) is 0 Å². The van der Waals surface area contributed by atoms with Crippen LogP contribution in [0.1, 0.15) is 26.7 Å². The third-order valence-electron chi connectivity index (χ3n) is 3.10. The number of hydrogen-bond acceptors (Lipinski definition) is 4. The fourth-order valence-electron chi connectivity index (χ4n) is 1.88. The molecule has 5 nitrogen and oxygen atoms in total. The summed E-state index contributed by atoms with van der Waals surface area (Å²) in [7, 11) is -3.40. The molecular formula is C8H14N2O3S. The Bertz CT molecular complexity index is 381. The molecule has 0 atom stereocenters. The molecule has 2 N–H and O–H groups in total. The molecule has 0 aromatic rings. The van der Waals surface area contributed by atoms with Crippen molar-refractivity contribution in [2.45, 2.75) is 43.5 Å². The van der Waals surface area contributed by atoms with Crippen molar-refractivity contribution in [1.82, 2.24) is 4.31 Å². The van der Waals surface area contributed by atoms with Crippen LogP contribution in [0.2, 0.25) is 0 Å². The predicted molar refractivity (Wildman–Crippen MR) is 50.8 cm³/mol. The fourth-order valence-corrected chi connectivity index (χ4v) is 3.56. The molecule has 0 unspecified atom stereocenters. The van der Waals surface area contributed by atoms with Crippen molar-refractivity contribution in [2.24, 2.45) is 5.73 Å². The van der Waals surface area contributed by atoms with Crippen molar-refractivity contribution in [3.63, 3.8) is 0 Å². The normalized spacial score (nSPS) is 38.8. The minimum atomic E-state index is -3.40. The lowest BCUT2D eigenvalue weighted by Gasteiger charge is -2.51. The molecule has 6 heteroatoms. The standard InChI is InChI=1S/C8H14N2O3S/c1-8(2)7(11)10(14(8,12)13)6-3-5(9)4-6/h5-6H,3-4,9H2,1-2H3. The minimum absolute atomic E-state index is 0.0479. The van der Waals surface area contributed by atoms with E-state index >= 15 is 0 Å². The molecule has 2 aliphatic rings. The summed E-state index contributed by atoms with van der Waals surface area (Å²) in [5.41, 5.74) is 5.55. The van der Waals surface area contributed by atoms with E-state index in [1.54, 1.807) is 0 Å². The Morgan fingerprint density at radius 2 is 1.93 bits per heavy atom. The predicted octanol–water partition coefficient (Wildman–Crippen LogP) is -0.573. The second-order valence-electron chi connectivity index (χ2n) is 4.50. The highest BCUT2D eigenvalue weighted by Crippen LogP contribution is 2.41. The van der Waals surface area contributed by atoms with Crippen molar-refractivity contribution in [3.8, 4) is 0 Å². The van der Waals surface area contributed by atoms with Gasteiger partial charge in [0.25, 0.3) is 15.9 Å². The summed E-state index contributed by atoms with van der Waals surface area (Å²) in [6.07, 6.45) is 1.20. The number of hydrogen-bond donors (Lipinski definition) is 1. The molecule has 2 rings (SSSR count). The second kappa shape index (κ2) is 2.49. The first-order valence-electron chi connectivity index (χ1n) is 4.62. The summed E-state index contributed by atoms with van der Waals surface area (Å²) in [5.74, 6) is -0.297. The van der Waals surface area contributed by atoms with Crippen molar-refractivity contribution >= 4 is 15.9 Å². The Labute approximate surface area is 83.3 Å². The SMILES string of the molecule is CC1(C)C(=O)N(C2CC(N)C2)S1(=O)=O. The minimum Gasteiger partial charge on any atom is -0.328 e. The zero-order valence-corrected chi connectivity index (χ0v) is 9.04. The lowest BCUT2D eigenvalue weighted by molar-refractivity contribution is -0.135. The highest BCUT2D eigenvalue weighted by Gasteiger charge is 2.63. The largest absolute Gasteiger partial charge is 0.328 e. The number of carbonyl (C=O) groups is 1. The van der Waals surface area contributed by atoms with E-state index in [0.29, 0.717) is 12.8 Å².